The summed E-state index contributed by atoms with van der Waals surface area (Å²) in [6.07, 6.45) is -0.248. The molecular weight excluding hydrogens is 150 g/mol. The van der Waals surface area contributed by atoms with Crippen LogP contribution in [0.15, 0.2) is 0 Å². The number of rotatable bonds is 1. The second kappa shape index (κ2) is 2.41. The predicted octanol–water partition coefficient (Wildman–Crippen LogP) is 2.05. The molecule has 66 valence electrons. The first-order valence-electron chi connectivity index (χ1n) is 3.88. The molecule has 1 aliphatic rings. The van der Waals surface area contributed by atoms with Crippen molar-refractivity contribution in [2.24, 2.45) is 11.3 Å². The molecule has 0 radical (unpaired) electrons. The summed E-state index contributed by atoms with van der Waals surface area (Å²) in [5.41, 5.74) is -0.566. The van der Waals surface area contributed by atoms with Gasteiger partial charge in [-0.3, -0.25) is 0 Å². The van der Waals surface area contributed by atoms with Gasteiger partial charge in [0, 0.05) is 19.4 Å². The van der Waals surface area contributed by atoms with Crippen LogP contribution in [0, 0.1) is 11.3 Å². The standard InChI is InChI=1S/C8H14F2O/c1-6-3-8(9,10)4-7(6,2)5-11/h6,11H,3-5H2,1-2H3. The van der Waals surface area contributed by atoms with Gasteiger partial charge in [0.05, 0.1) is 0 Å². The van der Waals surface area contributed by atoms with Crippen molar-refractivity contribution in [3.8, 4) is 0 Å². The lowest BCUT2D eigenvalue weighted by molar-refractivity contribution is -0.00878. The van der Waals surface area contributed by atoms with Crippen LogP contribution in [0.3, 0.4) is 0 Å². The average molecular weight is 164 g/mol. The highest BCUT2D eigenvalue weighted by atomic mass is 19.3. The summed E-state index contributed by atoms with van der Waals surface area (Å²) in [7, 11) is 0. The summed E-state index contributed by atoms with van der Waals surface area (Å²) >= 11 is 0. The second-order valence-electron chi connectivity index (χ2n) is 3.95. The number of halogens is 2. The zero-order valence-corrected chi connectivity index (χ0v) is 6.90. The lowest BCUT2D eigenvalue weighted by Gasteiger charge is -2.25. The Morgan fingerprint density at radius 1 is 1.55 bits per heavy atom. The van der Waals surface area contributed by atoms with Gasteiger partial charge in [-0.1, -0.05) is 13.8 Å². The molecule has 0 spiro atoms. The quantitative estimate of drug-likeness (QED) is 0.628. The zero-order valence-electron chi connectivity index (χ0n) is 6.90. The Kier molecular flexibility index (Phi) is 1.95. The van der Waals surface area contributed by atoms with Crippen LogP contribution in [0.2, 0.25) is 0 Å². The molecule has 0 saturated heterocycles. The molecule has 11 heavy (non-hydrogen) atoms. The first-order chi connectivity index (χ1) is 4.90. The molecule has 0 amide bonds. The first-order valence-corrected chi connectivity index (χ1v) is 3.88. The van der Waals surface area contributed by atoms with E-state index in [0.29, 0.717) is 0 Å². The third kappa shape index (κ3) is 1.53. The molecule has 3 heteroatoms. The summed E-state index contributed by atoms with van der Waals surface area (Å²) in [6.45, 7) is 3.36. The fourth-order valence-corrected chi connectivity index (χ4v) is 1.74. The third-order valence-electron chi connectivity index (χ3n) is 2.82. The molecule has 2 atom stereocenters. The summed E-state index contributed by atoms with van der Waals surface area (Å²) < 4.78 is 25.5. The normalized spacial score (nSPS) is 42.8. The molecule has 2 unspecified atom stereocenters. The number of hydrogen-bond donors (Lipinski definition) is 1. The van der Waals surface area contributed by atoms with E-state index in [1.54, 1.807) is 13.8 Å². The summed E-state index contributed by atoms with van der Waals surface area (Å²) in [6, 6.07) is 0. The molecular formula is C8H14F2O. The highest BCUT2D eigenvalue weighted by Gasteiger charge is 2.51. The molecule has 1 aliphatic carbocycles. The Hall–Kier alpha value is -0.180. The lowest BCUT2D eigenvalue weighted by atomic mass is 9.82. The van der Waals surface area contributed by atoms with E-state index in [1.165, 1.54) is 0 Å². The number of hydrogen-bond acceptors (Lipinski definition) is 1. The molecule has 1 N–H and O–H groups in total. The zero-order chi connectivity index (χ0) is 8.70. The highest BCUT2D eigenvalue weighted by Crippen LogP contribution is 2.50. The van der Waals surface area contributed by atoms with E-state index in [1.807, 2.05) is 0 Å². The topological polar surface area (TPSA) is 20.2 Å². The highest BCUT2D eigenvalue weighted by molar-refractivity contribution is 4.94. The van der Waals surface area contributed by atoms with Crippen molar-refractivity contribution in [1.29, 1.82) is 0 Å². The van der Waals surface area contributed by atoms with Gasteiger partial charge in [-0.05, 0) is 11.3 Å². The van der Waals surface area contributed by atoms with Crippen LogP contribution >= 0.6 is 0 Å². The van der Waals surface area contributed by atoms with Crippen LogP contribution in [0.5, 0.6) is 0 Å². The fourth-order valence-electron chi connectivity index (χ4n) is 1.74. The molecule has 0 aliphatic heterocycles. The molecule has 1 saturated carbocycles. The largest absolute Gasteiger partial charge is 0.396 e. The van der Waals surface area contributed by atoms with Crippen molar-refractivity contribution < 1.29 is 13.9 Å². The fraction of sp³-hybridized carbons (Fsp3) is 1.00. The Labute approximate surface area is 65.4 Å². The lowest BCUT2D eigenvalue weighted by Crippen LogP contribution is -2.24. The maximum atomic E-state index is 12.8. The predicted molar refractivity (Wildman–Crippen MR) is 38.5 cm³/mol. The number of aliphatic hydroxyl groups is 1. The first kappa shape index (κ1) is 8.91. The van der Waals surface area contributed by atoms with Gasteiger partial charge in [0.15, 0.2) is 0 Å². The van der Waals surface area contributed by atoms with Crippen LogP contribution < -0.4 is 0 Å². The van der Waals surface area contributed by atoms with E-state index in [4.69, 9.17) is 5.11 Å². The molecule has 0 bridgehead atoms. The van der Waals surface area contributed by atoms with Crippen LogP contribution in [-0.2, 0) is 0 Å². The minimum atomic E-state index is -2.56. The molecule has 0 aromatic heterocycles. The van der Waals surface area contributed by atoms with Crippen LogP contribution in [0.25, 0.3) is 0 Å². The minimum absolute atomic E-state index is 0.0793. The van der Waals surface area contributed by atoms with Gasteiger partial charge in [0.25, 0.3) is 0 Å². The van der Waals surface area contributed by atoms with E-state index < -0.39 is 11.3 Å². The van der Waals surface area contributed by atoms with Crippen molar-refractivity contribution in [1.82, 2.24) is 0 Å². The van der Waals surface area contributed by atoms with Gasteiger partial charge in [-0.15, -0.1) is 0 Å². The molecule has 1 nitrogen and oxygen atoms in total. The summed E-state index contributed by atoms with van der Waals surface area (Å²) in [5, 5.41) is 8.89. The van der Waals surface area contributed by atoms with E-state index >= 15 is 0 Å². The van der Waals surface area contributed by atoms with E-state index in [-0.39, 0.29) is 25.4 Å². The van der Waals surface area contributed by atoms with Gasteiger partial charge in [0.2, 0.25) is 5.92 Å². The Morgan fingerprint density at radius 3 is 2.27 bits per heavy atom. The summed E-state index contributed by atoms with van der Waals surface area (Å²) in [5.74, 6) is -2.64. The van der Waals surface area contributed by atoms with Gasteiger partial charge >= 0.3 is 0 Å². The number of aliphatic hydroxyl groups excluding tert-OH is 1. The Balaban J connectivity index is 2.73. The van der Waals surface area contributed by atoms with Crippen LogP contribution in [0.1, 0.15) is 26.7 Å². The van der Waals surface area contributed by atoms with Gasteiger partial charge in [-0.25, -0.2) is 8.78 Å². The summed E-state index contributed by atoms with van der Waals surface area (Å²) in [4.78, 5) is 0. The molecule has 1 rings (SSSR count). The average Bonchev–Trinajstić information content (AvgIpc) is 2.03. The Bertz CT molecular complexity index is 158. The van der Waals surface area contributed by atoms with E-state index in [2.05, 4.69) is 0 Å². The second-order valence-corrected chi connectivity index (χ2v) is 3.95. The van der Waals surface area contributed by atoms with Gasteiger partial charge < -0.3 is 5.11 Å². The monoisotopic (exact) mass is 164 g/mol. The minimum Gasteiger partial charge on any atom is -0.396 e. The van der Waals surface area contributed by atoms with Crippen LogP contribution in [-0.4, -0.2) is 17.6 Å². The molecule has 0 aromatic carbocycles. The van der Waals surface area contributed by atoms with Crippen LogP contribution in [0.4, 0.5) is 8.78 Å². The van der Waals surface area contributed by atoms with Gasteiger partial charge in [-0.2, -0.15) is 0 Å². The van der Waals surface area contributed by atoms with Gasteiger partial charge in [0.1, 0.15) is 0 Å². The molecule has 1 fully saturated rings. The van der Waals surface area contributed by atoms with Crippen molar-refractivity contribution in [3.05, 3.63) is 0 Å². The maximum Gasteiger partial charge on any atom is 0.249 e. The maximum absolute atomic E-state index is 12.8. The molecule has 0 aromatic rings. The van der Waals surface area contributed by atoms with E-state index in [9.17, 15) is 8.78 Å². The SMILES string of the molecule is CC1CC(F)(F)CC1(C)CO. The third-order valence-corrected chi connectivity index (χ3v) is 2.82. The van der Waals surface area contributed by atoms with Crippen molar-refractivity contribution in [2.45, 2.75) is 32.6 Å². The smallest absolute Gasteiger partial charge is 0.249 e. The number of alkyl halides is 2. The molecule has 0 heterocycles. The van der Waals surface area contributed by atoms with Crippen molar-refractivity contribution >= 4 is 0 Å². The van der Waals surface area contributed by atoms with Crippen molar-refractivity contribution in [2.75, 3.05) is 6.61 Å². The Morgan fingerprint density at radius 2 is 2.09 bits per heavy atom. The van der Waals surface area contributed by atoms with Crippen molar-refractivity contribution in [3.63, 3.8) is 0 Å². The van der Waals surface area contributed by atoms with E-state index in [0.717, 1.165) is 0 Å².